The molecule has 7 rings (SSSR count). The average molecular weight is 905 g/mol. The van der Waals surface area contributed by atoms with Crippen LogP contribution in [-0.4, -0.2) is 31.6 Å². The van der Waals surface area contributed by atoms with Crippen LogP contribution in [0.5, 0.6) is 0 Å². The zero-order chi connectivity index (χ0) is 38.1. The SMILES string of the molecule is CC(C)N=C(O)C(C)(C)c1nc2c(-c3[c-]c(-c4cc(-c5c(C(C)C)cccc5C(C)C)ccn4)ccc3)cccc2n1-c1ccccc1-c1ccccc1.[Pt]. The largest absolute Gasteiger partial charge is 0.496 e. The van der Waals surface area contributed by atoms with Crippen molar-refractivity contribution in [2.24, 2.45) is 4.99 Å². The number of imidazole rings is 1. The maximum absolute atomic E-state index is 11.5. The molecule has 0 radical (unpaired) electrons. The van der Waals surface area contributed by atoms with Gasteiger partial charge in [-0.25, -0.2) is 4.98 Å². The molecule has 282 valence electrons. The Balaban J connectivity index is 0.00000514. The molecule has 7 aromatic rings. The maximum Gasteiger partial charge on any atom is 0.194 e. The Morgan fingerprint density at radius 2 is 1.31 bits per heavy atom. The molecule has 0 spiro atoms. The number of fused-ring (bicyclic) bond motifs is 1. The fraction of sp³-hybridized carbons (Fsp3) is 0.245. The molecule has 0 saturated carbocycles. The molecule has 0 saturated heterocycles. The molecular formula is C49H49N4OPt-. The van der Waals surface area contributed by atoms with Crippen molar-refractivity contribution in [1.29, 1.82) is 0 Å². The monoisotopic (exact) mass is 904 g/mol. The minimum atomic E-state index is -0.901. The van der Waals surface area contributed by atoms with Gasteiger partial charge < -0.3 is 5.11 Å². The van der Waals surface area contributed by atoms with Crippen molar-refractivity contribution in [2.45, 2.75) is 78.7 Å². The van der Waals surface area contributed by atoms with Gasteiger partial charge in [0, 0.05) is 44.6 Å². The van der Waals surface area contributed by atoms with E-state index >= 15 is 0 Å². The number of nitrogens with zero attached hydrogens (tertiary/aromatic N) is 4. The van der Waals surface area contributed by atoms with Gasteiger partial charge in [0.25, 0.3) is 0 Å². The van der Waals surface area contributed by atoms with E-state index in [-0.39, 0.29) is 33.0 Å². The van der Waals surface area contributed by atoms with E-state index in [2.05, 4.69) is 159 Å². The molecule has 0 aliphatic heterocycles. The van der Waals surface area contributed by atoms with Crippen molar-refractivity contribution in [2.75, 3.05) is 0 Å². The Kier molecular flexibility index (Phi) is 11.7. The summed E-state index contributed by atoms with van der Waals surface area (Å²) in [7, 11) is 0. The number of pyridine rings is 1. The Bertz CT molecular complexity index is 2450. The number of aliphatic hydroxyl groups excluding tert-OH is 1. The number of rotatable bonds is 10. The fourth-order valence-electron chi connectivity index (χ4n) is 7.41. The summed E-state index contributed by atoms with van der Waals surface area (Å²) in [4.78, 5) is 14.9. The zero-order valence-electron chi connectivity index (χ0n) is 32.9. The number of para-hydroxylation sites is 2. The summed E-state index contributed by atoms with van der Waals surface area (Å²) in [5, 5.41) is 11.5. The normalized spacial score (nSPS) is 12.2. The summed E-state index contributed by atoms with van der Waals surface area (Å²) >= 11 is 0. The predicted octanol–water partition coefficient (Wildman–Crippen LogP) is 12.8. The molecule has 0 aliphatic rings. The number of aliphatic imine (C=N–C) groups is 1. The van der Waals surface area contributed by atoms with Crippen molar-refractivity contribution < 1.29 is 26.2 Å². The van der Waals surface area contributed by atoms with Crippen molar-refractivity contribution in [1.82, 2.24) is 14.5 Å². The summed E-state index contributed by atoms with van der Waals surface area (Å²) in [5.74, 6) is 1.52. The summed E-state index contributed by atoms with van der Waals surface area (Å²) in [6, 6.07) is 46.0. The van der Waals surface area contributed by atoms with E-state index in [1.807, 2.05) is 40.0 Å². The van der Waals surface area contributed by atoms with Crippen LogP contribution in [0.15, 0.2) is 133 Å². The van der Waals surface area contributed by atoms with Crippen LogP contribution in [-0.2, 0) is 26.5 Å². The van der Waals surface area contributed by atoms with Gasteiger partial charge in [-0.2, -0.15) is 0 Å². The van der Waals surface area contributed by atoms with E-state index in [1.54, 1.807) is 0 Å². The minimum Gasteiger partial charge on any atom is -0.496 e. The second kappa shape index (κ2) is 16.3. The molecule has 0 bridgehead atoms. The Morgan fingerprint density at radius 1 is 0.691 bits per heavy atom. The van der Waals surface area contributed by atoms with Crippen LogP contribution in [0.1, 0.15) is 84.2 Å². The maximum atomic E-state index is 11.5. The second-order valence-corrected chi connectivity index (χ2v) is 15.5. The van der Waals surface area contributed by atoms with Gasteiger partial charge in [0.15, 0.2) is 5.90 Å². The van der Waals surface area contributed by atoms with Gasteiger partial charge >= 0.3 is 0 Å². The van der Waals surface area contributed by atoms with Gasteiger partial charge in [0.1, 0.15) is 5.82 Å². The van der Waals surface area contributed by atoms with E-state index < -0.39 is 5.41 Å². The molecule has 0 aliphatic carbocycles. The third-order valence-electron chi connectivity index (χ3n) is 10.2. The molecule has 55 heavy (non-hydrogen) atoms. The van der Waals surface area contributed by atoms with Crippen LogP contribution < -0.4 is 0 Å². The van der Waals surface area contributed by atoms with Crippen molar-refractivity contribution in [3.05, 3.63) is 151 Å². The van der Waals surface area contributed by atoms with E-state index in [4.69, 9.17) is 9.97 Å². The Labute approximate surface area is 340 Å². The van der Waals surface area contributed by atoms with Crippen molar-refractivity contribution in [3.8, 4) is 50.3 Å². The topological polar surface area (TPSA) is 63.3 Å². The summed E-state index contributed by atoms with van der Waals surface area (Å²) < 4.78 is 2.20. The number of hydrogen-bond donors (Lipinski definition) is 1. The Morgan fingerprint density at radius 3 is 2.00 bits per heavy atom. The molecule has 0 fully saturated rings. The van der Waals surface area contributed by atoms with E-state index in [9.17, 15) is 5.11 Å². The minimum absolute atomic E-state index is 0. The first kappa shape index (κ1) is 39.6. The van der Waals surface area contributed by atoms with Gasteiger partial charge in [0.05, 0.1) is 22.1 Å². The molecule has 6 heteroatoms. The van der Waals surface area contributed by atoms with Gasteiger partial charge in [0.2, 0.25) is 0 Å². The average Bonchev–Trinajstić information content (AvgIpc) is 3.58. The smallest absolute Gasteiger partial charge is 0.194 e. The van der Waals surface area contributed by atoms with Gasteiger partial charge in [-0.15, -0.1) is 29.8 Å². The standard InChI is InChI=1S/C49H49N4O.Pt/c1-31(2)38-22-15-23-39(32(3)4)45(38)37-27-28-50-42(30-37)36-20-14-19-35(29-36)41-24-16-26-44-46(41)52-47(49(7,8)48(54)51-33(5)6)53(44)43-25-13-12-21-40(43)34-17-10-9-11-18-34;/h9-28,30-33H,1-8H3,(H,51,54);/q-1;. The van der Waals surface area contributed by atoms with Gasteiger partial charge in [-0.1, -0.05) is 124 Å². The van der Waals surface area contributed by atoms with Crippen LogP contribution in [0.25, 0.3) is 61.4 Å². The summed E-state index contributed by atoms with van der Waals surface area (Å²) in [5.41, 5.74) is 12.8. The van der Waals surface area contributed by atoms with Crippen LogP contribution >= 0.6 is 0 Å². The van der Waals surface area contributed by atoms with Crippen molar-refractivity contribution >= 4 is 16.9 Å². The third-order valence-corrected chi connectivity index (χ3v) is 10.2. The van der Waals surface area contributed by atoms with Crippen LogP contribution in [0, 0.1) is 6.07 Å². The molecule has 0 atom stereocenters. The summed E-state index contributed by atoms with van der Waals surface area (Å²) in [6.45, 7) is 17.0. The number of aliphatic hydroxyl groups is 1. The second-order valence-electron chi connectivity index (χ2n) is 15.5. The predicted molar refractivity (Wildman–Crippen MR) is 226 cm³/mol. The number of aromatic nitrogens is 3. The van der Waals surface area contributed by atoms with Crippen LogP contribution in [0.3, 0.4) is 0 Å². The van der Waals surface area contributed by atoms with E-state index in [0.717, 1.165) is 50.2 Å². The molecular weight excluding hydrogens is 856 g/mol. The van der Waals surface area contributed by atoms with Gasteiger partial charge in [-0.3, -0.25) is 14.5 Å². The third kappa shape index (κ3) is 7.73. The molecule has 2 heterocycles. The summed E-state index contributed by atoms with van der Waals surface area (Å²) in [6.07, 6.45) is 1.92. The van der Waals surface area contributed by atoms with E-state index in [0.29, 0.717) is 17.7 Å². The molecule has 2 aromatic heterocycles. The van der Waals surface area contributed by atoms with Gasteiger partial charge in [-0.05, 0) is 85.5 Å². The van der Waals surface area contributed by atoms with E-state index in [1.165, 1.54) is 22.3 Å². The Hall–Kier alpha value is -5.12. The number of hydrogen-bond acceptors (Lipinski definition) is 3. The first-order valence-corrected chi connectivity index (χ1v) is 19.0. The quantitative estimate of drug-likeness (QED) is 0.0845. The molecule has 0 amide bonds. The van der Waals surface area contributed by atoms with Crippen molar-refractivity contribution in [3.63, 3.8) is 0 Å². The molecule has 5 nitrogen and oxygen atoms in total. The number of benzene rings is 5. The zero-order valence-corrected chi connectivity index (χ0v) is 35.2. The van der Waals surface area contributed by atoms with Crippen LogP contribution in [0.4, 0.5) is 0 Å². The van der Waals surface area contributed by atoms with Crippen LogP contribution in [0.2, 0.25) is 0 Å². The first-order chi connectivity index (χ1) is 26.0. The molecule has 1 N–H and O–H groups in total. The molecule has 5 aromatic carbocycles. The first-order valence-electron chi connectivity index (χ1n) is 19.0. The fourth-order valence-corrected chi connectivity index (χ4v) is 7.41. The molecule has 0 unspecified atom stereocenters.